The minimum absolute atomic E-state index is 0.516. The molecule has 0 amide bonds. The van der Waals surface area contributed by atoms with Crippen LogP contribution in [0.5, 0.6) is 0 Å². The Hall–Kier alpha value is -1.74. The van der Waals surface area contributed by atoms with Gasteiger partial charge in [-0.15, -0.1) is 0 Å². The van der Waals surface area contributed by atoms with Crippen LogP contribution >= 0.6 is 11.6 Å². The van der Waals surface area contributed by atoms with Gasteiger partial charge >= 0.3 is 0 Å². The van der Waals surface area contributed by atoms with Crippen LogP contribution in [0.15, 0.2) is 42.7 Å². The van der Waals surface area contributed by atoms with Crippen molar-refractivity contribution in [3.05, 3.63) is 53.3 Å². The van der Waals surface area contributed by atoms with Crippen LogP contribution < -0.4 is 10.2 Å². The second-order valence-electron chi connectivity index (χ2n) is 5.58. The van der Waals surface area contributed by atoms with Crippen LogP contribution in [0.3, 0.4) is 0 Å². The molecule has 2 aromatic rings. The Morgan fingerprint density at radius 3 is 2.52 bits per heavy atom. The number of hydrogen-bond acceptors (Lipinski definition) is 3. The highest BCUT2D eigenvalue weighted by Crippen LogP contribution is 2.24. The third kappa shape index (κ3) is 3.48. The van der Waals surface area contributed by atoms with Gasteiger partial charge in [0.1, 0.15) is 0 Å². The number of benzene rings is 1. The summed E-state index contributed by atoms with van der Waals surface area (Å²) in [4.78, 5) is 6.49. The molecule has 1 aliphatic heterocycles. The number of nitrogens with zero attached hydrogens (tertiary/aromatic N) is 2. The maximum absolute atomic E-state index is 6.18. The van der Waals surface area contributed by atoms with Gasteiger partial charge in [0.2, 0.25) is 0 Å². The van der Waals surface area contributed by atoms with Gasteiger partial charge < -0.3 is 10.2 Å². The van der Waals surface area contributed by atoms with E-state index < -0.39 is 0 Å². The molecule has 1 saturated heterocycles. The van der Waals surface area contributed by atoms with E-state index in [0.29, 0.717) is 6.04 Å². The molecule has 3 rings (SSSR count). The van der Waals surface area contributed by atoms with Crippen molar-refractivity contribution in [2.75, 3.05) is 23.3 Å². The first-order valence-corrected chi connectivity index (χ1v) is 7.78. The van der Waals surface area contributed by atoms with E-state index in [1.807, 2.05) is 25.4 Å². The zero-order chi connectivity index (χ0) is 14.7. The number of halogens is 1. The molecule has 1 N–H and O–H groups in total. The fourth-order valence-electron chi connectivity index (χ4n) is 2.76. The van der Waals surface area contributed by atoms with Gasteiger partial charge in [-0.3, -0.25) is 4.98 Å². The fraction of sp³-hybridized carbons (Fsp3) is 0.353. The Morgan fingerprint density at radius 2 is 1.86 bits per heavy atom. The van der Waals surface area contributed by atoms with Gasteiger partial charge in [-0.05, 0) is 49.6 Å². The average molecular weight is 302 g/mol. The molecular weight excluding hydrogens is 282 g/mol. The van der Waals surface area contributed by atoms with Crippen molar-refractivity contribution in [3.8, 4) is 0 Å². The first kappa shape index (κ1) is 14.2. The van der Waals surface area contributed by atoms with E-state index in [1.165, 1.54) is 5.69 Å². The lowest BCUT2D eigenvalue weighted by atomic mass is 10.0. The van der Waals surface area contributed by atoms with E-state index in [-0.39, 0.29) is 0 Å². The number of aryl methyl sites for hydroxylation is 1. The molecule has 0 aliphatic carbocycles. The fourth-order valence-corrected chi connectivity index (χ4v) is 2.94. The summed E-state index contributed by atoms with van der Waals surface area (Å²) < 4.78 is 0. The second-order valence-corrected chi connectivity index (χ2v) is 5.98. The van der Waals surface area contributed by atoms with E-state index in [4.69, 9.17) is 11.6 Å². The smallest absolute Gasteiger partial charge is 0.0455 e. The summed E-state index contributed by atoms with van der Waals surface area (Å²) in [5.74, 6) is 0. The zero-order valence-corrected chi connectivity index (χ0v) is 13.0. The maximum atomic E-state index is 6.18. The van der Waals surface area contributed by atoms with Crippen molar-refractivity contribution in [1.29, 1.82) is 0 Å². The molecule has 21 heavy (non-hydrogen) atoms. The van der Waals surface area contributed by atoms with Crippen molar-refractivity contribution in [2.45, 2.75) is 25.8 Å². The van der Waals surface area contributed by atoms with Crippen LogP contribution in [0, 0.1) is 6.92 Å². The summed E-state index contributed by atoms with van der Waals surface area (Å²) in [6, 6.07) is 10.9. The number of rotatable bonds is 3. The average Bonchev–Trinajstić information content (AvgIpc) is 2.53. The molecule has 110 valence electrons. The SMILES string of the molecule is Cc1ccc(NC2CCN(c3ccncc3)CC2)cc1Cl. The summed E-state index contributed by atoms with van der Waals surface area (Å²) in [6.45, 7) is 4.17. The quantitative estimate of drug-likeness (QED) is 0.924. The van der Waals surface area contributed by atoms with E-state index in [1.54, 1.807) is 0 Å². The Labute approximate surface area is 131 Å². The van der Waals surface area contributed by atoms with Crippen molar-refractivity contribution in [3.63, 3.8) is 0 Å². The molecule has 0 saturated carbocycles. The number of pyridine rings is 1. The summed E-state index contributed by atoms with van der Waals surface area (Å²) in [5.41, 5.74) is 3.50. The van der Waals surface area contributed by atoms with E-state index in [9.17, 15) is 0 Å². The minimum atomic E-state index is 0.516. The van der Waals surface area contributed by atoms with E-state index in [0.717, 1.165) is 42.2 Å². The van der Waals surface area contributed by atoms with Gasteiger partial charge in [0, 0.05) is 47.9 Å². The molecule has 1 aromatic carbocycles. The molecule has 0 spiro atoms. The van der Waals surface area contributed by atoms with Gasteiger partial charge in [-0.1, -0.05) is 17.7 Å². The Morgan fingerprint density at radius 1 is 1.14 bits per heavy atom. The lowest BCUT2D eigenvalue weighted by Gasteiger charge is -2.34. The predicted octanol–water partition coefficient (Wildman–Crippen LogP) is 4.12. The van der Waals surface area contributed by atoms with Gasteiger partial charge in [0.05, 0.1) is 0 Å². The first-order chi connectivity index (χ1) is 10.2. The van der Waals surface area contributed by atoms with Crippen molar-refractivity contribution in [2.24, 2.45) is 0 Å². The molecule has 0 bridgehead atoms. The molecule has 0 radical (unpaired) electrons. The van der Waals surface area contributed by atoms with E-state index in [2.05, 4.69) is 39.5 Å². The third-order valence-electron chi connectivity index (χ3n) is 4.07. The van der Waals surface area contributed by atoms with Gasteiger partial charge in [-0.25, -0.2) is 0 Å². The van der Waals surface area contributed by atoms with Crippen LogP contribution in [0.1, 0.15) is 18.4 Å². The molecule has 1 aliphatic rings. The summed E-state index contributed by atoms with van der Waals surface area (Å²) in [6.07, 6.45) is 5.98. The molecule has 1 fully saturated rings. The van der Waals surface area contributed by atoms with Crippen LogP contribution in [0.4, 0.5) is 11.4 Å². The highest BCUT2D eigenvalue weighted by molar-refractivity contribution is 6.31. The summed E-state index contributed by atoms with van der Waals surface area (Å²) in [7, 11) is 0. The highest BCUT2D eigenvalue weighted by Gasteiger charge is 2.19. The molecule has 3 nitrogen and oxygen atoms in total. The summed E-state index contributed by atoms with van der Waals surface area (Å²) >= 11 is 6.18. The molecule has 1 aromatic heterocycles. The van der Waals surface area contributed by atoms with Crippen molar-refractivity contribution < 1.29 is 0 Å². The largest absolute Gasteiger partial charge is 0.382 e. The lowest BCUT2D eigenvalue weighted by molar-refractivity contribution is 0.526. The predicted molar refractivity (Wildman–Crippen MR) is 89.3 cm³/mol. The maximum Gasteiger partial charge on any atom is 0.0455 e. The number of piperidine rings is 1. The molecule has 4 heteroatoms. The van der Waals surface area contributed by atoms with Gasteiger partial charge in [-0.2, -0.15) is 0 Å². The monoisotopic (exact) mass is 301 g/mol. The number of nitrogens with one attached hydrogen (secondary N) is 1. The standard InChI is InChI=1S/C17H20ClN3/c1-13-2-3-15(12-17(13)18)20-14-6-10-21(11-7-14)16-4-8-19-9-5-16/h2-5,8-9,12,14,20H,6-7,10-11H2,1H3. The van der Waals surface area contributed by atoms with Crippen LogP contribution in [0.2, 0.25) is 5.02 Å². The first-order valence-electron chi connectivity index (χ1n) is 7.40. The second kappa shape index (κ2) is 6.35. The molecular formula is C17H20ClN3. The molecule has 0 unspecified atom stereocenters. The molecule has 2 heterocycles. The van der Waals surface area contributed by atoms with Gasteiger partial charge in [0.15, 0.2) is 0 Å². The van der Waals surface area contributed by atoms with Gasteiger partial charge in [0.25, 0.3) is 0 Å². The van der Waals surface area contributed by atoms with Crippen molar-refractivity contribution in [1.82, 2.24) is 4.98 Å². The number of hydrogen-bond donors (Lipinski definition) is 1. The normalized spacial score (nSPS) is 16.0. The lowest BCUT2D eigenvalue weighted by Crippen LogP contribution is -2.39. The zero-order valence-electron chi connectivity index (χ0n) is 12.2. The Kier molecular flexibility index (Phi) is 4.30. The Bertz CT molecular complexity index is 592. The van der Waals surface area contributed by atoms with Crippen molar-refractivity contribution >= 4 is 23.0 Å². The Balaban J connectivity index is 1.57. The summed E-state index contributed by atoms with van der Waals surface area (Å²) in [5, 5.41) is 4.43. The topological polar surface area (TPSA) is 28.2 Å². The minimum Gasteiger partial charge on any atom is -0.382 e. The third-order valence-corrected chi connectivity index (χ3v) is 4.47. The van der Waals surface area contributed by atoms with E-state index >= 15 is 0 Å². The van der Waals surface area contributed by atoms with Crippen LogP contribution in [0.25, 0.3) is 0 Å². The number of aromatic nitrogens is 1. The number of anilines is 2. The van der Waals surface area contributed by atoms with Crippen LogP contribution in [-0.4, -0.2) is 24.1 Å². The highest BCUT2D eigenvalue weighted by atomic mass is 35.5. The van der Waals surface area contributed by atoms with Crippen LogP contribution in [-0.2, 0) is 0 Å². The molecule has 0 atom stereocenters.